The van der Waals surface area contributed by atoms with Crippen LogP contribution in [-0.2, 0) is 0 Å². The molecule has 1 spiro atoms. The Balaban J connectivity index is 1.52. The van der Waals surface area contributed by atoms with Gasteiger partial charge in [-0.15, -0.1) is 0 Å². The first-order valence-electron chi connectivity index (χ1n) is 13.1. The normalized spacial score (nSPS) is 21.5. The first-order chi connectivity index (χ1) is 19.8. The van der Waals surface area contributed by atoms with Gasteiger partial charge in [-0.3, -0.25) is 24.5 Å². The number of nitro benzene ring substituents is 1. The van der Waals surface area contributed by atoms with Gasteiger partial charge in [-0.05, 0) is 41.5 Å². The minimum atomic E-state index is -1.62. The van der Waals surface area contributed by atoms with E-state index in [1.54, 1.807) is 48.5 Å². The number of para-hydroxylation sites is 1. The molecule has 1 aliphatic carbocycles. The van der Waals surface area contributed by atoms with Gasteiger partial charge < -0.3 is 4.90 Å². The van der Waals surface area contributed by atoms with Crippen LogP contribution in [0, 0.1) is 15.5 Å². The van der Waals surface area contributed by atoms with Crippen LogP contribution in [0.15, 0.2) is 103 Å². The van der Waals surface area contributed by atoms with Crippen LogP contribution in [0.4, 0.5) is 11.4 Å². The quantitative estimate of drug-likeness (QED) is 0.121. The third-order valence-corrected chi connectivity index (χ3v) is 8.83. The summed E-state index contributed by atoms with van der Waals surface area (Å²) >= 11 is 6.25. The fourth-order valence-corrected chi connectivity index (χ4v) is 7.00. The summed E-state index contributed by atoms with van der Waals surface area (Å²) in [4.78, 5) is 56.4. The number of Topliss-reactive ketones (excluding diaryl/α,β-unsaturated/α-hetero) is 3. The Kier molecular flexibility index (Phi) is 5.56. The van der Waals surface area contributed by atoms with Gasteiger partial charge in [0.15, 0.2) is 17.3 Å². The number of carbonyl (C=O) groups excluding carboxylic acids is 3. The summed E-state index contributed by atoms with van der Waals surface area (Å²) in [6.07, 6.45) is 3.76. The number of non-ortho nitro benzene ring substituents is 1. The van der Waals surface area contributed by atoms with Crippen molar-refractivity contribution in [1.29, 1.82) is 0 Å². The molecule has 0 radical (unpaired) electrons. The molecule has 1 fully saturated rings. The third-order valence-electron chi connectivity index (χ3n) is 8.57. The average Bonchev–Trinajstić information content (AvgIpc) is 3.43. The van der Waals surface area contributed by atoms with Gasteiger partial charge in [0, 0.05) is 45.5 Å². The Morgan fingerprint density at radius 3 is 2.07 bits per heavy atom. The lowest BCUT2D eigenvalue weighted by molar-refractivity contribution is -0.384. The molecule has 0 N–H and O–H groups in total. The molecule has 4 aromatic carbocycles. The first kappa shape index (κ1) is 25.1. The molecule has 8 heteroatoms. The van der Waals surface area contributed by atoms with E-state index in [0.717, 1.165) is 11.3 Å². The van der Waals surface area contributed by atoms with Gasteiger partial charge >= 0.3 is 0 Å². The predicted octanol–water partition coefficient (Wildman–Crippen LogP) is 6.56. The van der Waals surface area contributed by atoms with Gasteiger partial charge in [0.2, 0.25) is 0 Å². The molecule has 0 unspecified atom stereocenters. The monoisotopic (exact) mass is 560 g/mol. The number of hydrogen-bond donors (Lipinski definition) is 0. The molecule has 7 nitrogen and oxygen atoms in total. The van der Waals surface area contributed by atoms with Crippen molar-refractivity contribution in [2.45, 2.75) is 18.0 Å². The zero-order valence-corrected chi connectivity index (χ0v) is 22.2. The Bertz CT molecular complexity index is 1780. The maximum absolute atomic E-state index is 14.6. The van der Waals surface area contributed by atoms with Crippen molar-refractivity contribution in [3.63, 3.8) is 0 Å². The molecule has 3 atom stereocenters. The van der Waals surface area contributed by atoms with Crippen LogP contribution < -0.4 is 4.90 Å². The summed E-state index contributed by atoms with van der Waals surface area (Å²) < 4.78 is 0. The van der Waals surface area contributed by atoms with E-state index in [-0.39, 0.29) is 28.6 Å². The maximum atomic E-state index is 14.6. The van der Waals surface area contributed by atoms with Gasteiger partial charge in [0.05, 0.1) is 11.0 Å². The molecule has 0 amide bonds. The molecule has 0 aromatic heterocycles. The van der Waals surface area contributed by atoms with Gasteiger partial charge in [-0.25, -0.2) is 0 Å². The van der Waals surface area contributed by atoms with Gasteiger partial charge in [-0.1, -0.05) is 78.4 Å². The van der Waals surface area contributed by atoms with Crippen LogP contribution in [0.2, 0.25) is 5.02 Å². The largest absolute Gasteiger partial charge is 0.352 e. The van der Waals surface area contributed by atoms with Crippen molar-refractivity contribution in [1.82, 2.24) is 0 Å². The molecule has 0 bridgehead atoms. The highest BCUT2D eigenvalue weighted by atomic mass is 35.5. The average molecular weight is 561 g/mol. The van der Waals surface area contributed by atoms with Gasteiger partial charge in [0.25, 0.3) is 5.69 Å². The van der Waals surface area contributed by atoms with E-state index in [2.05, 4.69) is 0 Å². The number of rotatable bonds is 4. The summed E-state index contributed by atoms with van der Waals surface area (Å²) in [5.74, 6) is -1.87. The SMILES string of the molecule is O=C(c1ccc([N+](=O)[O-])cc1)[C@@H]1[C@H](c2ccc(Cl)cc2)C2(C(=O)c3ccccc3C2=O)[C@@H]2C=Cc3ccccc3N12. The number of ketones is 3. The molecule has 0 saturated carbocycles. The van der Waals surface area contributed by atoms with Crippen LogP contribution in [0.25, 0.3) is 6.08 Å². The zero-order chi connectivity index (χ0) is 28.5. The predicted molar refractivity (Wildman–Crippen MR) is 155 cm³/mol. The topological polar surface area (TPSA) is 97.6 Å². The second-order valence-electron chi connectivity index (χ2n) is 10.5. The van der Waals surface area contributed by atoms with E-state index >= 15 is 0 Å². The molecule has 2 aliphatic heterocycles. The Morgan fingerprint density at radius 2 is 1.44 bits per heavy atom. The van der Waals surface area contributed by atoms with E-state index in [1.807, 2.05) is 41.3 Å². The molecular formula is C33H21ClN2O5. The maximum Gasteiger partial charge on any atom is 0.269 e. The third kappa shape index (κ3) is 3.42. The second-order valence-corrected chi connectivity index (χ2v) is 10.9. The van der Waals surface area contributed by atoms with Gasteiger partial charge in [0.1, 0.15) is 11.5 Å². The van der Waals surface area contributed by atoms with Crippen molar-refractivity contribution >= 4 is 46.4 Å². The Labute approximate surface area is 239 Å². The molecule has 7 rings (SSSR count). The molecule has 1 saturated heterocycles. The minimum Gasteiger partial charge on any atom is -0.352 e. The lowest BCUT2D eigenvalue weighted by Crippen LogP contribution is -2.48. The zero-order valence-electron chi connectivity index (χ0n) is 21.4. The number of anilines is 1. The Morgan fingerprint density at radius 1 is 0.829 bits per heavy atom. The summed E-state index contributed by atoms with van der Waals surface area (Å²) in [5, 5.41) is 11.8. The van der Waals surface area contributed by atoms with Crippen LogP contribution >= 0.6 is 11.6 Å². The van der Waals surface area contributed by atoms with Crippen LogP contribution in [0.1, 0.15) is 48.1 Å². The van der Waals surface area contributed by atoms with Crippen molar-refractivity contribution in [2.24, 2.45) is 5.41 Å². The number of halogens is 1. The van der Waals surface area contributed by atoms with E-state index in [0.29, 0.717) is 21.7 Å². The lowest BCUT2D eigenvalue weighted by Gasteiger charge is -2.37. The fraction of sp³-hybridized carbons (Fsp3) is 0.121. The smallest absolute Gasteiger partial charge is 0.269 e. The summed E-state index contributed by atoms with van der Waals surface area (Å²) in [5.41, 5.74) is 1.38. The number of benzene rings is 4. The van der Waals surface area contributed by atoms with E-state index in [4.69, 9.17) is 11.6 Å². The van der Waals surface area contributed by atoms with Crippen molar-refractivity contribution < 1.29 is 19.3 Å². The lowest BCUT2D eigenvalue weighted by atomic mass is 9.64. The van der Waals surface area contributed by atoms with Gasteiger partial charge in [-0.2, -0.15) is 0 Å². The highest BCUT2D eigenvalue weighted by Gasteiger charge is 2.71. The first-order valence-corrected chi connectivity index (χ1v) is 13.5. The number of fused-ring (bicyclic) bond motifs is 5. The summed E-state index contributed by atoms with van der Waals surface area (Å²) in [6.45, 7) is 0. The highest BCUT2D eigenvalue weighted by Crippen LogP contribution is 2.61. The molecule has 3 aliphatic rings. The minimum absolute atomic E-state index is 0.139. The molecule has 4 aromatic rings. The van der Waals surface area contributed by atoms with E-state index < -0.39 is 28.3 Å². The van der Waals surface area contributed by atoms with Crippen molar-refractivity contribution in [3.8, 4) is 0 Å². The number of carbonyl (C=O) groups is 3. The number of hydrogen-bond acceptors (Lipinski definition) is 6. The number of nitro groups is 1. The van der Waals surface area contributed by atoms with Crippen molar-refractivity contribution in [2.75, 3.05) is 4.90 Å². The van der Waals surface area contributed by atoms with Crippen LogP contribution in [0.3, 0.4) is 0 Å². The standard InChI is InChI=1S/C33H21ClN2O5/c34-22-14-9-20(10-15-22)28-29(30(37)21-11-16-23(17-12-21)36(40)41)35-26-8-4-1-5-19(26)13-18-27(35)33(28)31(38)24-6-2-3-7-25(24)32(33)39/h1-18,27-29H/t27-,28-,29-/m0/s1. The highest BCUT2D eigenvalue weighted by molar-refractivity contribution is 6.32. The van der Waals surface area contributed by atoms with Crippen molar-refractivity contribution in [3.05, 3.63) is 146 Å². The Hall–Kier alpha value is -4.88. The molecule has 41 heavy (non-hydrogen) atoms. The van der Waals surface area contributed by atoms with E-state index in [9.17, 15) is 24.5 Å². The summed E-state index contributed by atoms with van der Waals surface area (Å²) in [6, 6.07) is 25.0. The molecule has 2 heterocycles. The van der Waals surface area contributed by atoms with Crippen LogP contribution in [0.5, 0.6) is 0 Å². The van der Waals surface area contributed by atoms with Crippen LogP contribution in [-0.4, -0.2) is 34.4 Å². The molecule has 200 valence electrons. The fourth-order valence-electron chi connectivity index (χ4n) is 6.88. The van der Waals surface area contributed by atoms with E-state index in [1.165, 1.54) is 24.3 Å². The summed E-state index contributed by atoms with van der Waals surface area (Å²) in [7, 11) is 0. The number of nitrogens with zero attached hydrogens (tertiary/aromatic N) is 2. The molecular weight excluding hydrogens is 540 g/mol. The second kappa shape index (κ2) is 9.08.